The second-order valence-electron chi connectivity index (χ2n) is 4.95. The van der Waals surface area contributed by atoms with Crippen LogP contribution in [0.1, 0.15) is 29.3 Å². The first-order valence-corrected chi connectivity index (χ1v) is 10.8. The number of nitrogens with zero attached hydrogens (tertiary/aromatic N) is 1. The SMILES string of the molecule is CC[N+]1=CSC(c2ccccc2)C1c1ccccc1.[O-][I+2]([O-])[O-]. The number of halogens is 1. The van der Waals surface area contributed by atoms with Crippen LogP contribution >= 0.6 is 11.8 Å². The first-order valence-electron chi connectivity index (χ1n) is 7.21. The Morgan fingerprint density at radius 1 is 0.913 bits per heavy atom. The molecule has 2 unspecified atom stereocenters. The molecule has 0 spiro atoms. The second-order valence-corrected chi connectivity index (χ2v) is 7.02. The molecule has 3 rings (SSSR count). The topological polar surface area (TPSA) is 72.2 Å². The molecular weight excluding hydrogens is 425 g/mol. The molecule has 2 aromatic carbocycles. The summed E-state index contributed by atoms with van der Waals surface area (Å²) < 4.78 is 28.2. The molecule has 0 saturated carbocycles. The molecule has 1 aliphatic heterocycles. The zero-order valence-corrected chi connectivity index (χ0v) is 15.6. The van der Waals surface area contributed by atoms with Gasteiger partial charge >= 0.3 is 0 Å². The highest BCUT2D eigenvalue weighted by atomic mass is 127. The first kappa shape index (κ1) is 18.4. The van der Waals surface area contributed by atoms with Gasteiger partial charge in [0.25, 0.3) is 21.1 Å². The Bertz CT molecular complexity index is 619. The Balaban J connectivity index is 0.000000433. The van der Waals surface area contributed by atoms with Crippen molar-refractivity contribution < 1.29 is 35.9 Å². The van der Waals surface area contributed by atoms with Gasteiger partial charge in [-0.15, -0.1) is 0 Å². The van der Waals surface area contributed by atoms with E-state index in [4.69, 9.17) is 10.3 Å². The predicted octanol–water partition coefficient (Wildman–Crippen LogP) is -2.29. The number of rotatable bonds is 3. The third kappa shape index (κ3) is 5.29. The van der Waals surface area contributed by atoms with Gasteiger partial charge in [0, 0.05) is 5.56 Å². The van der Waals surface area contributed by atoms with Crippen LogP contribution in [0.25, 0.3) is 0 Å². The minimum Gasteiger partial charge on any atom is -0.427 e. The van der Waals surface area contributed by atoms with Gasteiger partial charge in [-0.3, -0.25) is 0 Å². The lowest BCUT2D eigenvalue weighted by molar-refractivity contribution is -1.73. The molecule has 0 amide bonds. The van der Waals surface area contributed by atoms with E-state index in [2.05, 4.69) is 77.7 Å². The van der Waals surface area contributed by atoms with E-state index < -0.39 is 21.1 Å². The summed E-state index contributed by atoms with van der Waals surface area (Å²) in [6, 6.07) is 22.1. The molecule has 2 atom stereocenters. The van der Waals surface area contributed by atoms with Crippen molar-refractivity contribution in [3.63, 3.8) is 0 Å². The number of thioether (sulfide) groups is 1. The van der Waals surface area contributed by atoms with Crippen molar-refractivity contribution >= 4 is 17.3 Å². The van der Waals surface area contributed by atoms with Gasteiger partial charge in [0.1, 0.15) is 11.8 Å². The molecule has 0 fully saturated rings. The first-order chi connectivity index (χ1) is 11.1. The van der Waals surface area contributed by atoms with Crippen LogP contribution in [0, 0.1) is 0 Å². The van der Waals surface area contributed by atoms with Crippen molar-refractivity contribution in [3.8, 4) is 0 Å². The molecule has 0 aromatic heterocycles. The van der Waals surface area contributed by atoms with E-state index in [-0.39, 0.29) is 0 Å². The summed E-state index contributed by atoms with van der Waals surface area (Å²) >= 11 is -2.08. The molecular formula is C17H18INO3S. The highest BCUT2D eigenvalue weighted by molar-refractivity contribution is 8.12. The van der Waals surface area contributed by atoms with Crippen molar-refractivity contribution in [1.82, 2.24) is 0 Å². The Morgan fingerprint density at radius 3 is 1.87 bits per heavy atom. The molecule has 6 heteroatoms. The minimum absolute atomic E-state index is 0.443. The van der Waals surface area contributed by atoms with E-state index in [0.717, 1.165) is 6.54 Å². The lowest BCUT2D eigenvalue weighted by atomic mass is 9.98. The predicted molar refractivity (Wildman–Crippen MR) is 82.8 cm³/mol. The monoisotopic (exact) mass is 443 g/mol. The van der Waals surface area contributed by atoms with Gasteiger partial charge in [-0.1, -0.05) is 72.4 Å². The summed E-state index contributed by atoms with van der Waals surface area (Å²) in [6.07, 6.45) is 0. The summed E-state index contributed by atoms with van der Waals surface area (Å²) in [5.41, 5.74) is 5.10. The molecule has 0 radical (unpaired) electrons. The lowest BCUT2D eigenvalue weighted by Gasteiger charge is -2.17. The smallest absolute Gasteiger partial charge is 0.282 e. The molecule has 122 valence electrons. The fraction of sp³-hybridized carbons (Fsp3) is 0.235. The highest BCUT2D eigenvalue weighted by Crippen LogP contribution is 2.45. The maximum absolute atomic E-state index is 8.57. The van der Waals surface area contributed by atoms with Crippen LogP contribution in [0.5, 0.6) is 0 Å². The van der Waals surface area contributed by atoms with Crippen molar-refractivity contribution in [2.75, 3.05) is 6.54 Å². The summed E-state index contributed by atoms with van der Waals surface area (Å²) in [5, 5.41) is 0.489. The van der Waals surface area contributed by atoms with Gasteiger partial charge < -0.3 is 10.3 Å². The van der Waals surface area contributed by atoms with Crippen LogP contribution in [0.3, 0.4) is 0 Å². The third-order valence-corrected chi connectivity index (χ3v) is 4.84. The van der Waals surface area contributed by atoms with Crippen LogP contribution in [-0.2, 0) is 0 Å². The van der Waals surface area contributed by atoms with E-state index in [9.17, 15) is 0 Å². The lowest BCUT2D eigenvalue weighted by Crippen LogP contribution is -4.05. The molecule has 1 aliphatic rings. The van der Waals surface area contributed by atoms with E-state index in [1.54, 1.807) is 0 Å². The van der Waals surface area contributed by atoms with Gasteiger partial charge in [-0.2, -0.15) is 0 Å². The minimum atomic E-state index is -4.01. The third-order valence-electron chi connectivity index (χ3n) is 3.62. The average Bonchev–Trinajstić information content (AvgIpc) is 3.00. The summed E-state index contributed by atoms with van der Waals surface area (Å²) in [7, 11) is 0. The molecule has 0 N–H and O–H groups in total. The van der Waals surface area contributed by atoms with Crippen LogP contribution < -0.4 is 31.4 Å². The Morgan fingerprint density at radius 2 is 1.39 bits per heavy atom. The average molecular weight is 443 g/mol. The van der Waals surface area contributed by atoms with Crippen LogP contribution in [0.15, 0.2) is 60.7 Å². The van der Waals surface area contributed by atoms with Crippen molar-refractivity contribution in [2.24, 2.45) is 0 Å². The highest BCUT2D eigenvalue weighted by Gasteiger charge is 2.38. The fourth-order valence-electron chi connectivity index (χ4n) is 2.65. The maximum Gasteiger partial charge on any atom is 0.282 e. The van der Waals surface area contributed by atoms with E-state index in [1.807, 2.05) is 11.8 Å². The van der Waals surface area contributed by atoms with E-state index >= 15 is 0 Å². The van der Waals surface area contributed by atoms with Crippen LogP contribution in [0.2, 0.25) is 0 Å². The Kier molecular flexibility index (Phi) is 7.51. The second kappa shape index (κ2) is 9.39. The number of hydrogen-bond acceptors (Lipinski definition) is 4. The maximum atomic E-state index is 8.57. The molecule has 1 heterocycles. The van der Waals surface area contributed by atoms with Crippen molar-refractivity contribution in [3.05, 3.63) is 71.8 Å². The number of hydrogen-bond donors (Lipinski definition) is 0. The number of benzene rings is 2. The largest absolute Gasteiger partial charge is 0.427 e. The summed E-state index contributed by atoms with van der Waals surface area (Å²) in [6.45, 7) is 3.27. The quantitative estimate of drug-likeness (QED) is 0.396. The Hall–Kier alpha value is -0.930. The fourth-order valence-corrected chi connectivity index (χ4v) is 3.99. The van der Waals surface area contributed by atoms with Gasteiger partial charge in [0.15, 0.2) is 11.6 Å². The molecule has 23 heavy (non-hydrogen) atoms. The van der Waals surface area contributed by atoms with Gasteiger partial charge in [-0.05, 0) is 12.5 Å². The summed E-state index contributed by atoms with van der Waals surface area (Å²) in [5.74, 6) is 0. The standard InChI is InChI=1S/C17H18NS.IO3/c1-2-18-13-19-17(15-11-7-4-8-12-15)16(18)14-9-5-3-6-10-14;2-1(3)4/h3-13,16-17H,2H2,1H3;/q+1;-1. The van der Waals surface area contributed by atoms with Crippen LogP contribution in [0.4, 0.5) is 0 Å². The zero-order valence-electron chi connectivity index (χ0n) is 12.7. The van der Waals surface area contributed by atoms with Gasteiger partial charge in [0.05, 0.1) is 0 Å². The number of likely N-dealkylation sites (N-methyl/N-ethyl adjacent to an activating group) is 1. The van der Waals surface area contributed by atoms with E-state index in [1.165, 1.54) is 11.1 Å². The van der Waals surface area contributed by atoms with Gasteiger partial charge in [0.2, 0.25) is 0 Å². The molecule has 0 aliphatic carbocycles. The normalized spacial score (nSPS) is 20.0. The van der Waals surface area contributed by atoms with Crippen molar-refractivity contribution in [2.45, 2.75) is 18.2 Å². The van der Waals surface area contributed by atoms with Crippen LogP contribution in [-0.4, -0.2) is 16.7 Å². The van der Waals surface area contributed by atoms with Gasteiger partial charge in [-0.25, -0.2) is 4.58 Å². The molecule has 0 saturated heterocycles. The summed E-state index contributed by atoms with van der Waals surface area (Å²) in [4.78, 5) is 0. The zero-order chi connectivity index (χ0) is 16.7. The molecule has 4 nitrogen and oxygen atoms in total. The molecule has 2 aromatic rings. The van der Waals surface area contributed by atoms with E-state index in [0.29, 0.717) is 11.3 Å². The Labute approximate surface area is 149 Å². The van der Waals surface area contributed by atoms with Crippen molar-refractivity contribution in [1.29, 1.82) is 0 Å². The molecule has 0 bridgehead atoms.